The Morgan fingerprint density at radius 3 is 2.58 bits per heavy atom. The minimum atomic E-state index is -3.00. The molecule has 1 saturated carbocycles. The Labute approximate surface area is 108 Å². The van der Waals surface area contributed by atoms with Crippen molar-refractivity contribution in [3.63, 3.8) is 0 Å². The zero-order chi connectivity index (χ0) is 14.0. The van der Waals surface area contributed by atoms with Crippen molar-refractivity contribution in [2.24, 2.45) is 5.92 Å². The fourth-order valence-electron chi connectivity index (χ4n) is 1.94. The Morgan fingerprint density at radius 1 is 1.32 bits per heavy atom. The summed E-state index contributed by atoms with van der Waals surface area (Å²) >= 11 is 0. The maximum Gasteiger partial charge on any atom is 0.387 e. The van der Waals surface area contributed by atoms with Crippen LogP contribution in [-0.4, -0.2) is 18.5 Å². The molecule has 1 fully saturated rings. The summed E-state index contributed by atoms with van der Waals surface area (Å²) in [6, 6.07) is 3.11. The monoisotopic (exact) mass is 274 g/mol. The number of hydrogen-bond donors (Lipinski definition) is 0. The first-order valence-electron chi connectivity index (χ1n) is 5.87. The highest BCUT2D eigenvalue weighted by molar-refractivity contribution is 5.79. The van der Waals surface area contributed by atoms with Crippen molar-refractivity contribution in [2.45, 2.75) is 32.5 Å². The average Bonchev–Trinajstić information content (AvgIpc) is 2.25. The average molecular weight is 274 g/mol. The molecule has 19 heavy (non-hydrogen) atoms. The van der Waals surface area contributed by atoms with Gasteiger partial charge in [-0.05, 0) is 31.9 Å². The van der Waals surface area contributed by atoms with Crippen LogP contribution in [0.1, 0.15) is 19.8 Å². The number of carbonyl (C=O) groups is 1. The van der Waals surface area contributed by atoms with E-state index in [9.17, 15) is 18.0 Å². The molecule has 0 spiro atoms. The third-order valence-corrected chi connectivity index (χ3v) is 3.09. The molecule has 104 valence electrons. The molecule has 0 N–H and O–H groups in total. The highest BCUT2D eigenvalue weighted by Crippen LogP contribution is 2.36. The lowest BCUT2D eigenvalue weighted by molar-refractivity contribution is -0.126. The van der Waals surface area contributed by atoms with Crippen molar-refractivity contribution < 1.29 is 27.4 Å². The van der Waals surface area contributed by atoms with Crippen LogP contribution in [0.3, 0.4) is 0 Å². The molecule has 0 atom stereocenters. The first-order chi connectivity index (χ1) is 8.95. The van der Waals surface area contributed by atoms with E-state index in [2.05, 4.69) is 4.74 Å². The van der Waals surface area contributed by atoms with Crippen LogP contribution in [0.15, 0.2) is 18.2 Å². The molecule has 1 aromatic rings. The molecule has 3 nitrogen and oxygen atoms in total. The van der Waals surface area contributed by atoms with Gasteiger partial charge in [0.1, 0.15) is 17.7 Å². The first-order valence-corrected chi connectivity index (χ1v) is 5.87. The summed E-state index contributed by atoms with van der Waals surface area (Å²) in [4.78, 5) is 11.1. The standard InChI is InChI=1S/C13H13F3O3/c1-7(17)8-4-10(5-8)18-12-6-9(14)2-3-11(12)19-13(15)16/h2-3,6,8,10,13H,4-5H2,1H3/t8-,10-. The lowest BCUT2D eigenvalue weighted by Gasteiger charge is -2.34. The van der Waals surface area contributed by atoms with E-state index in [-0.39, 0.29) is 29.3 Å². The topological polar surface area (TPSA) is 35.5 Å². The largest absolute Gasteiger partial charge is 0.486 e. The molecule has 0 amide bonds. The van der Waals surface area contributed by atoms with E-state index >= 15 is 0 Å². The number of rotatable bonds is 5. The van der Waals surface area contributed by atoms with Crippen LogP contribution in [-0.2, 0) is 4.79 Å². The molecule has 0 radical (unpaired) electrons. The number of carbonyl (C=O) groups excluding carboxylic acids is 1. The summed E-state index contributed by atoms with van der Waals surface area (Å²) in [6.07, 6.45) is 0.760. The number of Topliss-reactive ketones (excluding diaryl/α,β-unsaturated/α-hetero) is 1. The van der Waals surface area contributed by atoms with Gasteiger partial charge >= 0.3 is 6.61 Å². The Kier molecular flexibility index (Phi) is 3.97. The van der Waals surface area contributed by atoms with Crippen molar-refractivity contribution in [3.05, 3.63) is 24.0 Å². The summed E-state index contributed by atoms with van der Waals surface area (Å²) < 4.78 is 47.1. The Bertz CT molecular complexity index is 470. The number of ketones is 1. The minimum absolute atomic E-state index is 0.0574. The van der Waals surface area contributed by atoms with E-state index in [1.165, 1.54) is 6.92 Å². The fourth-order valence-corrected chi connectivity index (χ4v) is 1.94. The molecule has 0 aliphatic heterocycles. The van der Waals surface area contributed by atoms with E-state index in [1.807, 2.05) is 0 Å². The summed E-state index contributed by atoms with van der Waals surface area (Å²) in [5.41, 5.74) is 0. The van der Waals surface area contributed by atoms with Gasteiger partial charge in [-0.25, -0.2) is 4.39 Å². The third-order valence-electron chi connectivity index (χ3n) is 3.09. The molecule has 2 rings (SSSR count). The first kappa shape index (κ1) is 13.7. The van der Waals surface area contributed by atoms with Crippen molar-refractivity contribution in [3.8, 4) is 11.5 Å². The zero-order valence-electron chi connectivity index (χ0n) is 10.2. The second-order valence-electron chi connectivity index (χ2n) is 4.49. The van der Waals surface area contributed by atoms with Gasteiger partial charge in [0.05, 0.1) is 0 Å². The molecule has 1 aromatic carbocycles. The van der Waals surface area contributed by atoms with Gasteiger partial charge < -0.3 is 9.47 Å². The predicted molar refractivity (Wildman–Crippen MR) is 60.9 cm³/mol. The van der Waals surface area contributed by atoms with E-state index in [1.54, 1.807) is 0 Å². The van der Waals surface area contributed by atoms with Crippen LogP contribution in [0.25, 0.3) is 0 Å². The minimum Gasteiger partial charge on any atom is -0.486 e. The Hall–Kier alpha value is -1.72. The van der Waals surface area contributed by atoms with Gasteiger partial charge in [-0.1, -0.05) is 0 Å². The Balaban J connectivity index is 2.03. The predicted octanol–water partition coefficient (Wildman–Crippen LogP) is 3.17. The summed E-state index contributed by atoms with van der Waals surface area (Å²) in [5, 5.41) is 0. The van der Waals surface area contributed by atoms with Crippen molar-refractivity contribution in [1.29, 1.82) is 0 Å². The summed E-state index contributed by atoms with van der Waals surface area (Å²) in [7, 11) is 0. The van der Waals surface area contributed by atoms with E-state index in [0.717, 1.165) is 18.2 Å². The molecule has 1 aliphatic rings. The zero-order valence-corrected chi connectivity index (χ0v) is 10.2. The van der Waals surface area contributed by atoms with Gasteiger partial charge in [-0.15, -0.1) is 0 Å². The van der Waals surface area contributed by atoms with Gasteiger partial charge in [-0.2, -0.15) is 8.78 Å². The van der Waals surface area contributed by atoms with Crippen LogP contribution >= 0.6 is 0 Å². The van der Waals surface area contributed by atoms with Gasteiger partial charge in [-0.3, -0.25) is 4.79 Å². The molecule has 1 aliphatic carbocycles. The molecular formula is C13H13F3O3. The second kappa shape index (κ2) is 5.50. The highest BCUT2D eigenvalue weighted by atomic mass is 19.3. The van der Waals surface area contributed by atoms with Crippen molar-refractivity contribution in [1.82, 2.24) is 0 Å². The van der Waals surface area contributed by atoms with Crippen LogP contribution in [0.5, 0.6) is 11.5 Å². The number of benzene rings is 1. The smallest absolute Gasteiger partial charge is 0.387 e. The molecule has 0 unspecified atom stereocenters. The lowest BCUT2D eigenvalue weighted by Crippen LogP contribution is -2.37. The SMILES string of the molecule is CC(=O)[C@H]1C[C@H](Oc2cc(F)ccc2OC(F)F)C1. The van der Waals surface area contributed by atoms with Crippen molar-refractivity contribution >= 4 is 5.78 Å². The van der Waals surface area contributed by atoms with Gasteiger partial charge in [0.2, 0.25) is 0 Å². The fraction of sp³-hybridized carbons (Fsp3) is 0.462. The third kappa shape index (κ3) is 3.39. The number of alkyl halides is 2. The van der Waals surface area contributed by atoms with Crippen LogP contribution in [0.2, 0.25) is 0 Å². The highest BCUT2D eigenvalue weighted by Gasteiger charge is 2.34. The molecule has 0 bridgehead atoms. The van der Waals surface area contributed by atoms with E-state index < -0.39 is 12.4 Å². The van der Waals surface area contributed by atoms with E-state index in [0.29, 0.717) is 12.8 Å². The molecule has 0 saturated heterocycles. The summed E-state index contributed by atoms with van der Waals surface area (Å²) in [6.45, 7) is -1.51. The normalized spacial score (nSPS) is 21.9. The van der Waals surface area contributed by atoms with Crippen LogP contribution in [0, 0.1) is 11.7 Å². The maximum atomic E-state index is 13.1. The molecular weight excluding hydrogens is 261 g/mol. The van der Waals surface area contributed by atoms with Crippen LogP contribution < -0.4 is 9.47 Å². The maximum absolute atomic E-state index is 13.1. The van der Waals surface area contributed by atoms with Gasteiger partial charge in [0.15, 0.2) is 11.5 Å². The lowest BCUT2D eigenvalue weighted by atomic mass is 9.80. The Morgan fingerprint density at radius 2 is 2.00 bits per heavy atom. The number of hydrogen-bond acceptors (Lipinski definition) is 3. The quantitative estimate of drug-likeness (QED) is 0.827. The van der Waals surface area contributed by atoms with Crippen molar-refractivity contribution in [2.75, 3.05) is 0 Å². The number of ether oxygens (including phenoxy) is 2. The molecule has 6 heteroatoms. The molecule has 0 heterocycles. The van der Waals surface area contributed by atoms with Crippen LogP contribution in [0.4, 0.5) is 13.2 Å². The molecule has 0 aromatic heterocycles. The van der Waals surface area contributed by atoms with Gasteiger partial charge in [0, 0.05) is 12.0 Å². The van der Waals surface area contributed by atoms with Gasteiger partial charge in [0.25, 0.3) is 0 Å². The summed E-state index contributed by atoms with van der Waals surface area (Å²) in [5.74, 6) is -0.852. The van der Waals surface area contributed by atoms with E-state index in [4.69, 9.17) is 4.74 Å². The second-order valence-corrected chi connectivity index (χ2v) is 4.49. The number of halogens is 3.